The lowest BCUT2D eigenvalue weighted by Gasteiger charge is -2.13. The fourth-order valence-electron chi connectivity index (χ4n) is 1.61. The predicted molar refractivity (Wildman–Crippen MR) is 48.9 cm³/mol. The van der Waals surface area contributed by atoms with E-state index in [9.17, 15) is 4.39 Å². The van der Waals surface area contributed by atoms with E-state index in [4.69, 9.17) is 0 Å². The van der Waals surface area contributed by atoms with Crippen molar-refractivity contribution in [2.45, 2.75) is 24.8 Å². The van der Waals surface area contributed by atoms with Crippen molar-refractivity contribution in [3.05, 3.63) is 29.8 Å². The lowest BCUT2D eigenvalue weighted by Crippen LogP contribution is -2.29. The number of nitrogens with one attached hydrogen (secondary N) is 1. The van der Waals surface area contributed by atoms with Crippen molar-refractivity contribution in [1.82, 2.24) is 10.3 Å². The van der Waals surface area contributed by atoms with Gasteiger partial charge in [-0.1, -0.05) is 0 Å². The molecule has 70 valence electrons. The first-order chi connectivity index (χ1) is 6.24. The standard InChI is InChI=1S/C10H13FN2/c1-12-10(2-3-10)5-8-4-9(11)7-13-6-8/h4,6-7,12H,2-3,5H2,1H3. The number of pyridine rings is 1. The van der Waals surface area contributed by atoms with E-state index in [0.717, 1.165) is 12.0 Å². The summed E-state index contributed by atoms with van der Waals surface area (Å²) in [6.07, 6.45) is 6.22. The molecule has 1 aliphatic carbocycles. The van der Waals surface area contributed by atoms with Gasteiger partial charge in [0.15, 0.2) is 0 Å². The molecule has 0 unspecified atom stereocenters. The zero-order chi connectivity index (χ0) is 9.31. The minimum atomic E-state index is -0.246. The second-order valence-corrected chi connectivity index (χ2v) is 3.72. The van der Waals surface area contributed by atoms with Crippen LogP contribution in [0.15, 0.2) is 18.5 Å². The first-order valence-corrected chi connectivity index (χ1v) is 4.52. The molecule has 0 aliphatic heterocycles. The highest BCUT2D eigenvalue weighted by atomic mass is 19.1. The molecule has 2 nitrogen and oxygen atoms in total. The molecule has 13 heavy (non-hydrogen) atoms. The predicted octanol–water partition coefficient (Wildman–Crippen LogP) is 1.52. The number of nitrogens with zero attached hydrogens (tertiary/aromatic N) is 1. The third-order valence-electron chi connectivity index (χ3n) is 2.69. The van der Waals surface area contributed by atoms with Gasteiger partial charge in [-0.3, -0.25) is 4.98 Å². The van der Waals surface area contributed by atoms with E-state index in [2.05, 4.69) is 10.3 Å². The number of hydrogen-bond acceptors (Lipinski definition) is 2. The summed E-state index contributed by atoms with van der Waals surface area (Å²) < 4.78 is 12.8. The van der Waals surface area contributed by atoms with Crippen LogP contribution in [0.25, 0.3) is 0 Å². The molecule has 0 spiro atoms. The van der Waals surface area contributed by atoms with Crippen molar-refractivity contribution >= 4 is 0 Å². The van der Waals surface area contributed by atoms with Gasteiger partial charge in [-0.2, -0.15) is 0 Å². The van der Waals surface area contributed by atoms with Gasteiger partial charge in [-0.25, -0.2) is 4.39 Å². The van der Waals surface area contributed by atoms with Crippen molar-refractivity contribution in [3.63, 3.8) is 0 Å². The Hall–Kier alpha value is -0.960. The molecule has 0 bridgehead atoms. The molecular weight excluding hydrogens is 167 g/mol. The Morgan fingerprint density at radius 1 is 1.54 bits per heavy atom. The quantitative estimate of drug-likeness (QED) is 0.762. The Morgan fingerprint density at radius 2 is 2.31 bits per heavy atom. The average molecular weight is 180 g/mol. The number of likely N-dealkylation sites (N-methyl/N-ethyl adjacent to an activating group) is 1. The SMILES string of the molecule is CNC1(Cc2cncc(F)c2)CC1. The molecule has 1 heterocycles. The lowest BCUT2D eigenvalue weighted by atomic mass is 10.1. The molecule has 3 heteroatoms. The van der Waals surface area contributed by atoms with Crippen LogP contribution in [-0.4, -0.2) is 17.6 Å². The van der Waals surface area contributed by atoms with Crippen molar-refractivity contribution in [2.24, 2.45) is 0 Å². The van der Waals surface area contributed by atoms with Gasteiger partial charge in [0.2, 0.25) is 0 Å². The Morgan fingerprint density at radius 3 is 2.85 bits per heavy atom. The second-order valence-electron chi connectivity index (χ2n) is 3.72. The third-order valence-corrected chi connectivity index (χ3v) is 2.69. The summed E-state index contributed by atoms with van der Waals surface area (Å²) in [5.41, 5.74) is 1.21. The van der Waals surface area contributed by atoms with E-state index < -0.39 is 0 Å². The van der Waals surface area contributed by atoms with Gasteiger partial charge in [0.1, 0.15) is 5.82 Å². The normalized spacial score (nSPS) is 18.6. The van der Waals surface area contributed by atoms with Crippen LogP contribution in [0.5, 0.6) is 0 Å². The molecule has 1 aromatic heterocycles. The molecule has 1 saturated carbocycles. The molecule has 2 rings (SSSR count). The Kier molecular flexibility index (Phi) is 2.04. The number of hydrogen-bond donors (Lipinski definition) is 1. The maximum Gasteiger partial charge on any atom is 0.141 e. The highest BCUT2D eigenvalue weighted by Crippen LogP contribution is 2.37. The van der Waals surface area contributed by atoms with Crippen LogP contribution in [0.4, 0.5) is 4.39 Å². The number of halogens is 1. The molecule has 0 atom stereocenters. The van der Waals surface area contributed by atoms with Gasteiger partial charge < -0.3 is 5.32 Å². The summed E-state index contributed by atoms with van der Waals surface area (Å²) in [7, 11) is 1.96. The van der Waals surface area contributed by atoms with E-state index in [1.165, 1.54) is 19.0 Å². The van der Waals surface area contributed by atoms with Gasteiger partial charge in [0, 0.05) is 11.7 Å². The third kappa shape index (κ3) is 1.86. The van der Waals surface area contributed by atoms with Crippen LogP contribution in [-0.2, 0) is 6.42 Å². The first-order valence-electron chi connectivity index (χ1n) is 4.52. The molecule has 1 aromatic rings. The van der Waals surface area contributed by atoms with Gasteiger partial charge in [0.25, 0.3) is 0 Å². The van der Waals surface area contributed by atoms with Crippen molar-refractivity contribution in [1.29, 1.82) is 0 Å². The minimum absolute atomic E-state index is 0.232. The molecule has 1 fully saturated rings. The monoisotopic (exact) mass is 180 g/mol. The van der Waals surface area contributed by atoms with Gasteiger partial charge >= 0.3 is 0 Å². The summed E-state index contributed by atoms with van der Waals surface area (Å²) in [5.74, 6) is -0.246. The van der Waals surface area contributed by atoms with Crippen LogP contribution in [0.2, 0.25) is 0 Å². The molecule has 1 N–H and O–H groups in total. The lowest BCUT2D eigenvalue weighted by molar-refractivity contribution is 0.543. The fraction of sp³-hybridized carbons (Fsp3) is 0.500. The van der Waals surface area contributed by atoms with Crippen LogP contribution >= 0.6 is 0 Å². The molecule has 0 amide bonds. The molecule has 1 aliphatic rings. The van der Waals surface area contributed by atoms with E-state index >= 15 is 0 Å². The maximum absolute atomic E-state index is 12.8. The summed E-state index contributed by atoms with van der Waals surface area (Å²) in [5, 5.41) is 3.27. The second kappa shape index (κ2) is 3.07. The summed E-state index contributed by atoms with van der Waals surface area (Å²) in [6.45, 7) is 0. The number of rotatable bonds is 3. The van der Waals surface area contributed by atoms with Crippen molar-refractivity contribution in [2.75, 3.05) is 7.05 Å². The largest absolute Gasteiger partial charge is 0.314 e. The van der Waals surface area contributed by atoms with Gasteiger partial charge in [0.05, 0.1) is 6.20 Å². The molecule has 0 aromatic carbocycles. The van der Waals surface area contributed by atoms with Crippen LogP contribution in [0, 0.1) is 5.82 Å². The summed E-state index contributed by atoms with van der Waals surface area (Å²) in [6, 6.07) is 1.56. The summed E-state index contributed by atoms with van der Waals surface area (Å²) in [4.78, 5) is 3.83. The Balaban J connectivity index is 2.09. The maximum atomic E-state index is 12.8. The number of aromatic nitrogens is 1. The van der Waals surface area contributed by atoms with E-state index in [1.54, 1.807) is 12.3 Å². The van der Waals surface area contributed by atoms with Crippen LogP contribution < -0.4 is 5.32 Å². The molecule has 0 radical (unpaired) electrons. The van der Waals surface area contributed by atoms with Crippen molar-refractivity contribution in [3.8, 4) is 0 Å². The first kappa shape index (κ1) is 8.63. The highest BCUT2D eigenvalue weighted by Gasteiger charge is 2.40. The highest BCUT2D eigenvalue weighted by molar-refractivity contribution is 5.18. The average Bonchev–Trinajstić information content (AvgIpc) is 2.86. The van der Waals surface area contributed by atoms with Crippen LogP contribution in [0.1, 0.15) is 18.4 Å². The van der Waals surface area contributed by atoms with E-state index in [0.29, 0.717) is 0 Å². The van der Waals surface area contributed by atoms with E-state index in [-0.39, 0.29) is 11.4 Å². The zero-order valence-corrected chi connectivity index (χ0v) is 7.68. The van der Waals surface area contributed by atoms with Crippen LogP contribution in [0.3, 0.4) is 0 Å². The minimum Gasteiger partial charge on any atom is -0.314 e. The summed E-state index contributed by atoms with van der Waals surface area (Å²) >= 11 is 0. The Labute approximate surface area is 77.2 Å². The fourth-order valence-corrected chi connectivity index (χ4v) is 1.61. The van der Waals surface area contributed by atoms with Gasteiger partial charge in [-0.15, -0.1) is 0 Å². The Bertz CT molecular complexity index is 308. The van der Waals surface area contributed by atoms with E-state index in [1.807, 2.05) is 7.05 Å². The topological polar surface area (TPSA) is 24.9 Å². The molecule has 0 saturated heterocycles. The zero-order valence-electron chi connectivity index (χ0n) is 7.68. The smallest absolute Gasteiger partial charge is 0.141 e. The van der Waals surface area contributed by atoms with Gasteiger partial charge in [-0.05, 0) is 37.9 Å². The molecular formula is C10H13FN2. The van der Waals surface area contributed by atoms with Crippen molar-refractivity contribution < 1.29 is 4.39 Å².